The number of carbonyl (C=O) groups excluding carboxylic acids is 4. The topological polar surface area (TPSA) is 109 Å². The zero-order valence-electron chi connectivity index (χ0n) is 26.7. The third-order valence-corrected chi connectivity index (χ3v) is 10.7. The van der Waals surface area contributed by atoms with Gasteiger partial charge in [-0.1, -0.05) is 41.0 Å². The molecule has 2 amide bonds. The van der Waals surface area contributed by atoms with Gasteiger partial charge in [0.25, 0.3) is 5.91 Å². The molecule has 4 fully saturated rings. The number of piperidine rings is 1. The molecule has 1 N–H and O–H groups in total. The average molecular weight is 603 g/mol. The van der Waals surface area contributed by atoms with Gasteiger partial charge in [0.2, 0.25) is 5.91 Å². The number of likely N-dealkylation sites (N-methyl/N-ethyl adjacent to an activating group) is 1. The van der Waals surface area contributed by atoms with Gasteiger partial charge in [-0.3, -0.25) is 24.1 Å². The van der Waals surface area contributed by atoms with Crippen molar-refractivity contribution in [1.82, 2.24) is 20.1 Å². The molecule has 2 heterocycles. The fourth-order valence-electron chi connectivity index (χ4n) is 7.64. The van der Waals surface area contributed by atoms with E-state index in [1.807, 2.05) is 34.7 Å². The number of ether oxygens (including phenoxy) is 1. The summed E-state index contributed by atoms with van der Waals surface area (Å²) in [4.78, 5) is 60.8. The molecule has 0 radical (unpaired) electrons. The molecule has 3 saturated carbocycles. The summed E-state index contributed by atoms with van der Waals surface area (Å²) in [6, 6.07) is -0.389. The lowest BCUT2D eigenvalue weighted by Gasteiger charge is -2.69. The Bertz CT molecular complexity index is 1160. The summed E-state index contributed by atoms with van der Waals surface area (Å²) < 4.78 is 5.74. The Morgan fingerprint density at radius 1 is 1.14 bits per heavy atom. The maximum atomic E-state index is 13.9. The number of Topliss-reactive ketones (excluding diaryl/α,β-unsaturated/α-hetero) is 1. The van der Waals surface area contributed by atoms with Crippen LogP contribution in [-0.2, 0) is 19.1 Å². The molecular formula is C32H50N4O5S. The smallest absolute Gasteiger partial charge is 0.303 e. The maximum absolute atomic E-state index is 13.9. The monoisotopic (exact) mass is 602 g/mol. The van der Waals surface area contributed by atoms with Crippen molar-refractivity contribution >= 4 is 34.9 Å². The molecule has 1 aliphatic heterocycles. The molecule has 0 spiro atoms. The van der Waals surface area contributed by atoms with Gasteiger partial charge in [0.05, 0.1) is 6.04 Å². The number of thiazole rings is 1. The van der Waals surface area contributed by atoms with E-state index in [9.17, 15) is 19.2 Å². The highest BCUT2D eigenvalue weighted by molar-refractivity contribution is 7.09. The molecule has 1 aromatic rings. The van der Waals surface area contributed by atoms with Crippen LogP contribution >= 0.6 is 11.3 Å². The first-order chi connectivity index (χ1) is 19.6. The minimum Gasteiger partial charge on any atom is -0.455 e. The van der Waals surface area contributed by atoms with Crippen molar-refractivity contribution < 1.29 is 23.9 Å². The van der Waals surface area contributed by atoms with E-state index >= 15 is 0 Å². The van der Waals surface area contributed by atoms with Crippen LogP contribution < -0.4 is 5.32 Å². The van der Waals surface area contributed by atoms with E-state index in [1.54, 1.807) is 17.3 Å². The summed E-state index contributed by atoms with van der Waals surface area (Å²) in [7, 11) is 3.78. The van der Waals surface area contributed by atoms with Crippen molar-refractivity contribution in [2.45, 2.75) is 117 Å². The minimum absolute atomic E-state index is 0.00132. The number of hydrogen-bond donors (Lipinski definition) is 1. The van der Waals surface area contributed by atoms with Crippen LogP contribution in [0.4, 0.5) is 0 Å². The van der Waals surface area contributed by atoms with Crippen molar-refractivity contribution in [3.63, 3.8) is 0 Å². The van der Waals surface area contributed by atoms with Crippen LogP contribution in [0.2, 0.25) is 0 Å². The maximum Gasteiger partial charge on any atom is 0.303 e. The first-order valence-corrected chi connectivity index (χ1v) is 16.5. The second kappa shape index (κ2) is 12.7. The van der Waals surface area contributed by atoms with Crippen LogP contribution in [0.5, 0.6) is 0 Å². The molecule has 5 rings (SSSR count). The van der Waals surface area contributed by atoms with E-state index in [4.69, 9.17) is 4.74 Å². The second-order valence-corrected chi connectivity index (χ2v) is 15.1. The summed E-state index contributed by atoms with van der Waals surface area (Å²) in [6.45, 7) is 12.6. The Morgan fingerprint density at radius 3 is 2.36 bits per heavy atom. The van der Waals surface area contributed by atoms with E-state index in [-0.39, 0.29) is 53.5 Å². The van der Waals surface area contributed by atoms with Gasteiger partial charge in [0.1, 0.15) is 10.7 Å². The van der Waals surface area contributed by atoms with E-state index in [1.165, 1.54) is 18.3 Å². The summed E-state index contributed by atoms with van der Waals surface area (Å²) in [5.74, 6) is -0.942. The molecule has 0 aromatic carbocycles. The largest absolute Gasteiger partial charge is 0.455 e. The molecule has 10 heteroatoms. The van der Waals surface area contributed by atoms with Gasteiger partial charge in [-0.2, -0.15) is 0 Å². The van der Waals surface area contributed by atoms with Crippen LogP contribution in [0.3, 0.4) is 0 Å². The van der Waals surface area contributed by atoms with Gasteiger partial charge >= 0.3 is 5.97 Å². The van der Waals surface area contributed by atoms with Crippen molar-refractivity contribution in [2.24, 2.45) is 23.2 Å². The van der Waals surface area contributed by atoms with E-state index in [2.05, 4.69) is 22.1 Å². The van der Waals surface area contributed by atoms with E-state index in [0.717, 1.165) is 45.1 Å². The normalized spacial score (nSPS) is 27.4. The van der Waals surface area contributed by atoms with Crippen molar-refractivity contribution in [3.8, 4) is 0 Å². The highest BCUT2D eigenvalue weighted by Crippen LogP contribution is 2.66. The van der Waals surface area contributed by atoms with Gasteiger partial charge < -0.3 is 15.0 Å². The number of esters is 1. The standard InChI is InChI=1S/C32H50N4O5S/c1-19(2)22(13-26(38)24-11-9-10-12-35(24)7)30(40)36(8)25(20(3)4)14-27(41-21(5)37)29-33-23(15-42-29)28(39)34-32-16-31(6,17-32)18-32/h15,19-20,22,24-25,27H,9-14,16-18H2,1-8H3,(H,34,39)/t22-,24?,25+,27+,31?,32?/m0/s1. The average Bonchev–Trinajstić information content (AvgIpc) is 3.37. The van der Waals surface area contributed by atoms with Crippen molar-refractivity contribution in [3.05, 3.63) is 16.1 Å². The predicted octanol–water partition coefficient (Wildman–Crippen LogP) is 5.01. The number of aromatic nitrogens is 1. The predicted molar refractivity (Wildman–Crippen MR) is 163 cm³/mol. The minimum atomic E-state index is -0.694. The van der Waals surface area contributed by atoms with Gasteiger partial charge in [-0.05, 0) is 62.9 Å². The highest BCUT2D eigenvalue weighted by atomic mass is 32.1. The number of rotatable bonds is 13. The highest BCUT2D eigenvalue weighted by Gasteiger charge is 2.65. The Labute approximate surface area is 255 Å². The van der Waals surface area contributed by atoms with Crippen molar-refractivity contribution in [2.75, 3.05) is 20.6 Å². The summed E-state index contributed by atoms with van der Waals surface area (Å²) in [6.07, 6.45) is 5.88. The molecule has 4 atom stereocenters. The molecule has 234 valence electrons. The second-order valence-electron chi connectivity index (χ2n) is 14.3. The quantitative estimate of drug-likeness (QED) is 0.316. The first kappa shape index (κ1) is 32.6. The lowest BCUT2D eigenvalue weighted by Crippen LogP contribution is -2.73. The van der Waals surface area contributed by atoms with Crippen LogP contribution in [-0.4, -0.2) is 76.6 Å². The molecule has 9 nitrogen and oxygen atoms in total. The van der Waals surface area contributed by atoms with Crippen LogP contribution in [0.15, 0.2) is 5.38 Å². The molecular weight excluding hydrogens is 552 g/mol. The van der Waals surface area contributed by atoms with Crippen molar-refractivity contribution in [1.29, 1.82) is 0 Å². The van der Waals surface area contributed by atoms with Gasteiger partial charge in [-0.25, -0.2) is 4.98 Å². The summed E-state index contributed by atoms with van der Waals surface area (Å²) in [5.41, 5.74) is 0.626. The molecule has 1 saturated heterocycles. The zero-order valence-corrected chi connectivity index (χ0v) is 27.5. The zero-order chi connectivity index (χ0) is 31.0. The number of nitrogens with one attached hydrogen (secondary N) is 1. The molecule has 1 unspecified atom stereocenters. The molecule has 1 aromatic heterocycles. The Kier molecular flexibility index (Phi) is 9.87. The third-order valence-electron chi connectivity index (χ3n) is 9.77. The van der Waals surface area contributed by atoms with Gasteiger partial charge in [-0.15, -0.1) is 11.3 Å². The summed E-state index contributed by atoms with van der Waals surface area (Å²) in [5, 5.41) is 5.43. The fourth-order valence-corrected chi connectivity index (χ4v) is 8.48. The van der Waals surface area contributed by atoms with Gasteiger partial charge in [0, 0.05) is 49.7 Å². The lowest BCUT2D eigenvalue weighted by molar-refractivity contribution is -0.149. The number of hydrogen-bond acceptors (Lipinski definition) is 8. The fraction of sp³-hybridized carbons (Fsp3) is 0.781. The lowest BCUT2D eigenvalue weighted by atomic mass is 9.40. The molecule has 2 bridgehead atoms. The SMILES string of the molecule is CC(=O)O[C@H](C[C@H](C(C)C)N(C)C(=O)[C@@H](CC(=O)C1CCCCN1C)C(C)C)c1nc(C(=O)NC23CC(C)(C2)C3)cs1. The van der Waals surface area contributed by atoms with E-state index in [0.29, 0.717) is 22.5 Å². The number of likely N-dealkylation sites (tertiary alicyclic amines) is 1. The number of ketones is 1. The number of carbonyl (C=O) groups is 4. The third kappa shape index (κ3) is 7.07. The van der Waals surface area contributed by atoms with Crippen LogP contribution in [0.25, 0.3) is 0 Å². The number of nitrogens with zero attached hydrogens (tertiary/aromatic N) is 3. The number of amides is 2. The van der Waals surface area contributed by atoms with Crippen LogP contribution in [0, 0.1) is 23.2 Å². The Balaban J connectivity index is 1.46. The molecule has 3 aliphatic carbocycles. The molecule has 4 aliphatic rings. The Hall–Kier alpha value is -2.33. The summed E-state index contributed by atoms with van der Waals surface area (Å²) >= 11 is 1.30. The molecule has 42 heavy (non-hydrogen) atoms. The first-order valence-electron chi connectivity index (χ1n) is 15.6. The van der Waals surface area contributed by atoms with E-state index < -0.39 is 18.0 Å². The van der Waals surface area contributed by atoms with Crippen LogP contribution in [0.1, 0.15) is 115 Å². The van der Waals surface area contributed by atoms with Gasteiger partial charge in [0.15, 0.2) is 11.9 Å². The Morgan fingerprint density at radius 2 is 1.81 bits per heavy atom.